The van der Waals surface area contributed by atoms with Gasteiger partial charge in [-0.15, -0.1) is 0 Å². The summed E-state index contributed by atoms with van der Waals surface area (Å²) in [5, 5.41) is 10.1. The molecule has 2 aromatic heterocycles. The number of methoxy groups -OCH3 is 1. The average Bonchev–Trinajstić information content (AvgIpc) is 2.96. The fraction of sp³-hybridized carbons (Fsp3) is 0.286. The molecule has 0 aliphatic carbocycles. The van der Waals surface area contributed by atoms with Crippen LogP contribution in [0.4, 0.5) is 17.2 Å². The summed E-state index contributed by atoms with van der Waals surface area (Å²) in [6.07, 6.45) is 3.56. The van der Waals surface area contributed by atoms with Gasteiger partial charge >= 0.3 is 0 Å². The predicted octanol–water partition coefficient (Wildman–Crippen LogP) is 4.40. The molecule has 188 valence electrons. The molecule has 0 spiro atoms. The van der Waals surface area contributed by atoms with Gasteiger partial charge in [0.1, 0.15) is 29.6 Å². The highest BCUT2D eigenvalue weighted by molar-refractivity contribution is 5.89. The van der Waals surface area contributed by atoms with E-state index < -0.39 is 0 Å². The molecule has 1 saturated heterocycles. The Morgan fingerprint density at radius 2 is 1.89 bits per heavy atom. The van der Waals surface area contributed by atoms with Gasteiger partial charge in [-0.2, -0.15) is 5.26 Å². The largest absolute Gasteiger partial charge is 0.493 e. The molecule has 37 heavy (non-hydrogen) atoms. The molecule has 1 fully saturated rings. The lowest BCUT2D eigenvalue weighted by Crippen LogP contribution is -2.36. The number of fused-ring (bicyclic) bond motifs is 1. The fourth-order valence-electron chi connectivity index (χ4n) is 4.26. The number of pyridine rings is 1. The van der Waals surface area contributed by atoms with E-state index in [4.69, 9.17) is 19.2 Å². The highest BCUT2D eigenvalue weighted by Gasteiger charge is 2.19. The third-order valence-corrected chi connectivity index (χ3v) is 6.39. The van der Waals surface area contributed by atoms with Crippen LogP contribution in [-0.2, 0) is 11.3 Å². The van der Waals surface area contributed by atoms with Gasteiger partial charge in [-0.25, -0.2) is 4.98 Å². The first-order chi connectivity index (χ1) is 18.1. The maximum atomic E-state index is 10.1. The number of benzene rings is 2. The van der Waals surface area contributed by atoms with Crippen LogP contribution in [0.25, 0.3) is 11.0 Å². The van der Waals surface area contributed by atoms with Gasteiger partial charge in [-0.1, -0.05) is 6.07 Å². The van der Waals surface area contributed by atoms with Crippen LogP contribution in [0.5, 0.6) is 11.5 Å². The number of rotatable bonds is 7. The molecule has 2 aromatic carbocycles. The summed E-state index contributed by atoms with van der Waals surface area (Å²) in [5.41, 5.74) is 5.23. The monoisotopic (exact) mass is 496 g/mol. The number of aromatic nitrogens is 3. The van der Waals surface area contributed by atoms with E-state index in [1.807, 2.05) is 61.3 Å². The summed E-state index contributed by atoms with van der Waals surface area (Å²) in [5.74, 6) is 1.97. The predicted molar refractivity (Wildman–Crippen MR) is 142 cm³/mol. The maximum absolute atomic E-state index is 10.1. The van der Waals surface area contributed by atoms with Gasteiger partial charge in [0.25, 0.3) is 0 Å². The van der Waals surface area contributed by atoms with Crippen molar-refractivity contribution in [2.24, 2.45) is 0 Å². The molecule has 0 saturated carbocycles. The molecule has 0 radical (unpaired) electrons. The van der Waals surface area contributed by atoms with Gasteiger partial charge in [0, 0.05) is 49.3 Å². The molecule has 4 aromatic rings. The lowest BCUT2D eigenvalue weighted by molar-refractivity contribution is 0.122. The first-order valence-corrected chi connectivity index (χ1v) is 12.1. The van der Waals surface area contributed by atoms with Gasteiger partial charge in [0.05, 0.1) is 37.7 Å². The first-order valence-electron chi connectivity index (χ1n) is 12.1. The molecule has 1 aliphatic rings. The highest BCUT2D eigenvalue weighted by atomic mass is 16.5. The van der Waals surface area contributed by atoms with Gasteiger partial charge in [-0.3, -0.25) is 9.97 Å². The number of hydrogen-bond acceptors (Lipinski definition) is 9. The van der Waals surface area contributed by atoms with Crippen LogP contribution in [0.1, 0.15) is 16.8 Å². The average molecular weight is 497 g/mol. The van der Waals surface area contributed by atoms with E-state index in [0.29, 0.717) is 47.9 Å². The minimum atomic E-state index is 0.381. The van der Waals surface area contributed by atoms with Crippen LogP contribution in [0.2, 0.25) is 0 Å². The van der Waals surface area contributed by atoms with Crippen molar-refractivity contribution in [2.45, 2.75) is 13.5 Å². The first kappa shape index (κ1) is 24.3. The van der Waals surface area contributed by atoms with Crippen molar-refractivity contribution in [1.29, 1.82) is 5.26 Å². The van der Waals surface area contributed by atoms with Crippen molar-refractivity contribution in [1.82, 2.24) is 15.0 Å². The summed E-state index contributed by atoms with van der Waals surface area (Å²) in [6, 6.07) is 15.8. The van der Waals surface area contributed by atoms with Crippen LogP contribution in [0.15, 0.2) is 54.9 Å². The van der Waals surface area contributed by atoms with E-state index in [9.17, 15) is 5.26 Å². The van der Waals surface area contributed by atoms with Crippen molar-refractivity contribution in [2.75, 3.05) is 50.3 Å². The molecule has 3 heterocycles. The zero-order valence-corrected chi connectivity index (χ0v) is 21.1. The molecule has 0 amide bonds. The summed E-state index contributed by atoms with van der Waals surface area (Å²) in [7, 11) is 3.52. The van der Waals surface area contributed by atoms with Crippen LogP contribution in [0, 0.1) is 18.3 Å². The van der Waals surface area contributed by atoms with Crippen molar-refractivity contribution in [3.05, 3.63) is 71.7 Å². The number of ether oxygens (including phenoxy) is 3. The van der Waals surface area contributed by atoms with Gasteiger partial charge in [0.2, 0.25) is 0 Å². The maximum Gasteiger partial charge on any atom is 0.162 e. The van der Waals surface area contributed by atoms with Gasteiger partial charge in [0.15, 0.2) is 11.5 Å². The smallest absolute Gasteiger partial charge is 0.162 e. The third kappa shape index (κ3) is 5.10. The van der Waals surface area contributed by atoms with E-state index in [1.165, 1.54) is 0 Å². The van der Waals surface area contributed by atoms with Gasteiger partial charge in [-0.05, 0) is 37.3 Å². The van der Waals surface area contributed by atoms with Gasteiger partial charge < -0.3 is 24.0 Å². The topological polar surface area (TPSA) is 96.6 Å². The molecule has 1 aliphatic heterocycles. The third-order valence-electron chi connectivity index (χ3n) is 6.39. The molecule has 9 nitrogen and oxygen atoms in total. The SMILES string of the molecule is COc1cc(N(C)c2ccc3ncc(N4CCOCC4)nc3c2C#N)ccc1OCc1ccc(C)nc1. The summed E-state index contributed by atoms with van der Waals surface area (Å²) < 4.78 is 17.1. The van der Waals surface area contributed by atoms with Crippen LogP contribution < -0.4 is 19.3 Å². The Balaban J connectivity index is 1.43. The van der Waals surface area contributed by atoms with Crippen LogP contribution in [0.3, 0.4) is 0 Å². The normalized spacial score (nSPS) is 13.3. The Labute approximate surface area is 215 Å². The molecular formula is C28H28N6O3. The Hall–Kier alpha value is -4.42. The molecule has 0 unspecified atom stereocenters. The second-order valence-electron chi connectivity index (χ2n) is 8.76. The number of hydrogen-bond donors (Lipinski definition) is 0. The van der Waals surface area contributed by atoms with Crippen molar-refractivity contribution in [3.8, 4) is 17.6 Å². The minimum absolute atomic E-state index is 0.381. The molecule has 9 heteroatoms. The number of anilines is 3. The molecule has 0 bridgehead atoms. The Morgan fingerprint density at radius 1 is 1.05 bits per heavy atom. The van der Waals surface area contributed by atoms with Crippen LogP contribution >= 0.6 is 0 Å². The zero-order valence-electron chi connectivity index (χ0n) is 21.1. The quantitative estimate of drug-likeness (QED) is 0.369. The molecule has 0 atom stereocenters. The van der Waals surface area contributed by atoms with E-state index >= 15 is 0 Å². The summed E-state index contributed by atoms with van der Waals surface area (Å²) in [6.45, 7) is 5.12. The Bertz CT molecular complexity index is 1450. The minimum Gasteiger partial charge on any atom is -0.493 e. The standard InChI is InChI=1S/C28H28N6O3/c1-19-4-5-20(16-30-19)18-37-25-9-6-21(14-26(25)35-3)33(2)24-8-7-23-28(22(24)15-29)32-27(17-31-23)34-10-12-36-13-11-34/h4-9,14,16-17H,10-13,18H2,1-3H3. The van der Waals surface area contributed by atoms with E-state index in [-0.39, 0.29) is 0 Å². The van der Waals surface area contributed by atoms with E-state index in [0.717, 1.165) is 41.5 Å². The molecule has 0 N–H and O–H groups in total. The van der Waals surface area contributed by atoms with Crippen molar-refractivity contribution < 1.29 is 14.2 Å². The number of aryl methyl sites for hydroxylation is 1. The molecular weight excluding hydrogens is 468 g/mol. The van der Waals surface area contributed by atoms with E-state index in [2.05, 4.69) is 20.9 Å². The summed E-state index contributed by atoms with van der Waals surface area (Å²) in [4.78, 5) is 17.8. The highest BCUT2D eigenvalue weighted by Crippen LogP contribution is 2.37. The summed E-state index contributed by atoms with van der Waals surface area (Å²) >= 11 is 0. The van der Waals surface area contributed by atoms with Crippen molar-refractivity contribution in [3.63, 3.8) is 0 Å². The zero-order chi connectivity index (χ0) is 25.8. The Kier molecular flexibility index (Phi) is 7.01. The fourth-order valence-corrected chi connectivity index (χ4v) is 4.26. The lowest BCUT2D eigenvalue weighted by atomic mass is 10.1. The molecule has 5 rings (SSSR count). The number of morpholine rings is 1. The number of nitriles is 1. The Morgan fingerprint density at radius 3 is 2.62 bits per heavy atom. The van der Waals surface area contributed by atoms with Crippen LogP contribution in [-0.4, -0.2) is 55.4 Å². The van der Waals surface area contributed by atoms with E-state index in [1.54, 1.807) is 19.5 Å². The second-order valence-corrected chi connectivity index (χ2v) is 8.76. The van der Waals surface area contributed by atoms with Crippen molar-refractivity contribution >= 4 is 28.2 Å². The number of nitrogens with zero attached hydrogens (tertiary/aromatic N) is 6. The lowest BCUT2D eigenvalue weighted by Gasteiger charge is -2.28. The second kappa shape index (κ2) is 10.7.